The number of aliphatic hydroxyl groups excluding tert-OH is 4. The SMILES string of the molecule is CN1[C@H]2C[C@@H](O)[C@H](C(=O)SCCNC(=O)CCNC(=O)C(O)C(C)(C)COP(=O)([O-])OP(=O)([O-])OCC3OC(N4C=NC5C(N)=NC=NC54)C(O)C3OP(=O)([O-])[O-])C(O)[C@@H]1C2. The number of carbonyl (C=O) groups excluding carboxylic acids is 3. The Hall–Kier alpha value is -2.30. The van der Waals surface area contributed by atoms with Gasteiger partial charge in [-0.15, -0.1) is 0 Å². The number of nitrogens with one attached hydrogen (secondary N) is 2. The van der Waals surface area contributed by atoms with Crippen LogP contribution in [0.2, 0.25) is 0 Å². The van der Waals surface area contributed by atoms with Gasteiger partial charge in [-0.1, -0.05) is 25.6 Å². The Morgan fingerprint density at radius 2 is 1.74 bits per heavy atom. The first-order valence-corrected chi connectivity index (χ1v) is 24.0. The first-order valence-electron chi connectivity index (χ1n) is 18.6. The van der Waals surface area contributed by atoms with Gasteiger partial charge in [-0.3, -0.25) is 33.4 Å². The maximum absolute atomic E-state index is 12.8. The van der Waals surface area contributed by atoms with E-state index in [2.05, 4.69) is 43.5 Å². The molecule has 346 valence electrons. The number of amidine groups is 1. The number of thioether (sulfide) groups is 1. The van der Waals surface area contributed by atoms with Crippen LogP contribution in [0.4, 0.5) is 0 Å². The van der Waals surface area contributed by atoms with E-state index < -0.39 is 120 Å². The van der Waals surface area contributed by atoms with Gasteiger partial charge in [-0.2, -0.15) is 0 Å². The number of hydrogen-bond donors (Lipinski definition) is 7. The summed E-state index contributed by atoms with van der Waals surface area (Å²) in [5.41, 5.74) is 4.08. The van der Waals surface area contributed by atoms with E-state index in [9.17, 15) is 68.1 Å². The molecule has 2 amide bonds. The molecule has 1 saturated carbocycles. The number of aliphatic hydroxyl groups is 4. The second kappa shape index (κ2) is 19.8. The number of hydrogen-bond acceptors (Lipinski definition) is 26. The molecule has 61 heavy (non-hydrogen) atoms. The van der Waals surface area contributed by atoms with Gasteiger partial charge in [0, 0.05) is 42.8 Å². The highest BCUT2D eigenvalue weighted by Gasteiger charge is 2.53. The molecule has 14 atom stereocenters. The molecule has 31 heteroatoms. The molecule has 0 radical (unpaired) electrons. The minimum absolute atomic E-state index is 0.0363. The molecule has 10 unspecified atom stereocenters. The van der Waals surface area contributed by atoms with Crippen molar-refractivity contribution in [2.75, 3.05) is 39.1 Å². The van der Waals surface area contributed by atoms with E-state index in [0.717, 1.165) is 24.4 Å². The molecule has 5 heterocycles. The first kappa shape index (κ1) is 49.7. The lowest BCUT2D eigenvalue weighted by atomic mass is 9.87. The van der Waals surface area contributed by atoms with Gasteiger partial charge in [0.1, 0.15) is 42.6 Å². The summed E-state index contributed by atoms with van der Waals surface area (Å²) < 4.78 is 59.7. The van der Waals surface area contributed by atoms with Crippen molar-refractivity contribution in [3.05, 3.63) is 0 Å². The predicted octanol–water partition coefficient (Wildman–Crippen LogP) is -6.21. The van der Waals surface area contributed by atoms with Crippen LogP contribution in [0.1, 0.15) is 33.1 Å². The van der Waals surface area contributed by atoms with Crippen molar-refractivity contribution in [2.24, 2.45) is 32.0 Å². The van der Waals surface area contributed by atoms with Crippen molar-refractivity contribution in [1.29, 1.82) is 0 Å². The number of likely N-dealkylation sites (N-methyl/N-ethyl adjacent to an activating group) is 1. The third-order valence-corrected chi connectivity index (χ3v) is 14.6. The Labute approximate surface area is 352 Å². The van der Waals surface area contributed by atoms with E-state index in [0.29, 0.717) is 12.8 Å². The van der Waals surface area contributed by atoms with Gasteiger partial charge in [-0.25, -0.2) is 14.3 Å². The first-order chi connectivity index (χ1) is 28.3. The second-order valence-corrected chi connectivity index (χ2v) is 20.6. The summed E-state index contributed by atoms with van der Waals surface area (Å²) in [4.78, 5) is 101. The van der Waals surface area contributed by atoms with Crippen LogP contribution in [0, 0.1) is 11.3 Å². The number of phosphoric ester groups is 3. The lowest BCUT2D eigenvalue weighted by molar-refractivity contribution is -0.347. The third kappa shape index (κ3) is 12.5. The van der Waals surface area contributed by atoms with E-state index in [1.165, 1.54) is 18.7 Å². The topological polar surface area (TPSA) is 415 Å². The van der Waals surface area contributed by atoms with Gasteiger partial charge in [0.2, 0.25) is 11.8 Å². The molecule has 8 N–H and O–H groups in total. The van der Waals surface area contributed by atoms with Crippen LogP contribution < -0.4 is 35.9 Å². The average Bonchev–Trinajstić information content (AvgIpc) is 3.65. The van der Waals surface area contributed by atoms with Gasteiger partial charge >= 0.3 is 0 Å². The van der Waals surface area contributed by atoms with Gasteiger partial charge in [0.05, 0.1) is 45.5 Å². The van der Waals surface area contributed by atoms with Crippen LogP contribution in [0.3, 0.4) is 0 Å². The van der Waals surface area contributed by atoms with Gasteiger partial charge in [0.15, 0.2) is 17.5 Å². The van der Waals surface area contributed by atoms with Gasteiger partial charge in [0.25, 0.3) is 15.6 Å². The molecular formula is C30H47N8O19P3S-4. The highest BCUT2D eigenvalue weighted by Crippen LogP contribution is 2.56. The molecule has 6 rings (SSSR count). The van der Waals surface area contributed by atoms with Crippen LogP contribution in [-0.2, 0) is 50.7 Å². The number of fused-ring (bicyclic) bond motifs is 4. The van der Waals surface area contributed by atoms with Crippen LogP contribution in [0.15, 0.2) is 15.0 Å². The number of amides is 2. The number of phosphoric acid groups is 3. The predicted molar refractivity (Wildman–Crippen MR) is 201 cm³/mol. The molecule has 1 aliphatic carbocycles. The van der Waals surface area contributed by atoms with E-state index in [1.54, 1.807) is 0 Å². The maximum atomic E-state index is 12.8. The third-order valence-electron chi connectivity index (χ3n) is 10.6. The van der Waals surface area contributed by atoms with Crippen molar-refractivity contribution in [3.63, 3.8) is 0 Å². The maximum Gasteiger partial charge on any atom is 0.274 e. The summed E-state index contributed by atoms with van der Waals surface area (Å²) in [6, 6.07) is -0.936. The molecule has 5 aliphatic heterocycles. The molecule has 27 nitrogen and oxygen atoms in total. The lowest BCUT2D eigenvalue weighted by Crippen LogP contribution is -2.58. The van der Waals surface area contributed by atoms with Gasteiger partial charge in [-0.05, 0) is 19.9 Å². The Bertz CT molecular complexity index is 1880. The number of carbonyl (C=O) groups is 3. The zero-order valence-electron chi connectivity index (χ0n) is 32.7. The molecule has 3 saturated heterocycles. The summed E-state index contributed by atoms with van der Waals surface area (Å²) in [7, 11) is -15.8. The molecule has 0 aromatic heterocycles. The van der Waals surface area contributed by atoms with Gasteiger partial charge < -0.3 is 84.1 Å². The van der Waals surface area contributed by atoms with E-state index in [4.69, 9.17) is 10.5 Å². The molecule has 0 aromatic carbocycles. The largest absolute Gasteiger partial charge is 0.790 e. The molecule has 6 aliphatic rings. The number of ether oxygens (including phenoxy) is 1. The van der Waals surface area contributed by atoms with Crippen molar-refractivity contribution in [3.8, 4) is 0 Å². The second-order valence-electron chi connectivity index (χ2n) is 15.4. The number of rotatable bonds is 20. The Morgan fingerprint density at radius 3 is 2.41 bits per heavy atom. The van der Waals surface area contributed by atoms with Crippen LogP contribution >= 0.6 is 35.2 Å². The summed E-state index contributed by atoms with van der Waals surface area (Å²) in [5.74, 6) is -2.35. The minimum Gasteiger partial charge on any atom is -0.790 e. The van der Waals surface area contributed by atoms with Crippen molar-refractivity contribution < 1.29 is 90.7 Å². The standard InChI is InChI=1S/C30H51N8O19P3S/c1-30(2,24(43)27(44)33-5-4-18(40)32-6-7-61-29(45)19-16(39)9-14-8-15(21(19)41)37(14)3)11-54-60(51,52)57-59(49,50)53-10-17-23(56-58(46,47)48)22(42)28(55-17)38-13-36-20-25(31)34-12-35-26(20)38/h12-17,19-24,26,28,39,41-43H,4-11H2,1-3H3,(H,32,40)(H,33,44)(H,49,50)(H,51,52)(H2,31,34,35)(H2,46,47,48)/p-4/t14-,15+,16-,17?,19+,20?,21?,22?,23?,24?,26?,28?/m1/s1. The normalized spacial score (nSPS) is 33.7. The number of nitrogens with zero attached hydrogens (tertiary/aromatic N) is 5. The zero-order chi connectivity index (χ0) is 45.2. The smallest absolute Gasteiger partial charge is 0.274 e. The Morgan fingerprint density at radius 1 is 1.05 bits per heavy atom. The molecule has 2 bridgehead atoms. The fourth-order valence-electron chi connectivity index (χ4n) is 7.20. The minimum atomic E-state index is -5.93. The summed E-state index contributed by atoms with van der Waals surface area (Å²) >= 11 is 0.866. The Kier molecular flexibility index (Phi) is 16.2. The average molecular weight is 949 g/mol. The fourth-order valence-corrected chi connectivity index (χ4v) is 10.8. The van der Waals surface area contributed by atoms with E-state index in [1.807, 2.05) is 11.9 Å². The number of aliphatic imine (C=N–C) groups is 3. The molecule has 0 aromatic rings. The van der Waals surface area contributed by atoms with Crippen molar-refractivity contribution >= 4 is 70.7 Å². The molecule has 4 fully saturated rings. The fraction of sp³-hybridized carbons (Fsp3) is 0.800. The summed E-state index contributed by atoms with van der Waals surface area (Å²) in [6.45, 7) is -0.150. The van der Waals surface area contributed by atoms with Crippen molar-refractivity contribution in [2.45, 2.75) is 100 Å². The quantitative estimate of drug-likeness (QED) is 0.0441. The van der Waals surface area contributed by atoms with Crippen LogP contribution in [0.5, 0.6) is 0 Å². The highest BCUT2D eigenvalue weighted by atomic mass is 32.2. The number of nitrogens with two attached hydrogens (primary N) is 1. The summed E-state index contributed by atoms with van der Waals surface area (Å²) in [5, 5.41) is 47.0. The molecular weight excluding hydrogens is 901 g/mol. The van der Waals surface area contributed by atoms with E-state index in [-0.39, 0.29) is 43.2 Å². The Balaban J connectivity index is 1.02. The van der Waals surface area contributed by atoms with Crippen molar-refractivity contribution in [1.82, 2.24) is 20.4 Å². The van der Waals surface area contributed by atoms with E-state index >= 15 is 0 Å². The highest BCUT2D eigenvalue weighted by molar-refractivity contribution is 8.13. The molecule has 0 spiro atoms. The summed E-state index contributed by atoms with van der Waals surface area (Å²) in [6.07, 6.45) is -9.37. The monoisotopic (exact) mass is 948 g/mol. The van der Waals surface area contributed by atoms with Crippen LogP contribution in [0.25, 0.3) is 0 Å². The van der Waals surface area contributed by atoms with Crippen LogP contribution in [-0.4, -0.2) is 172 Å². The lowest BCUT2D eigenvalue weighted by Gasteiger charge is -2.46. The zero-order valence-corrected chi connectivity index (χ0v) is 36.2.